The number of nitrogens with zero attached hydrogens (tertiary/aromatic N) is 2. The molecule has 1 aromatic carbocycles. The van der Waals surface area contributed by atoms with E-state index in [1.54, 1.807) is 6.08 Å². The first kappa shape index (κ1) is 26.1. The van der Waals surface area contributed by atoms with Crippen LogP contribution < -0.4 is 10.6 Å². The molecule has 1 saturated heterocycles. The van der Waals surface area contributed by atoms with E-state index in [0.29, 0.717) is 35.6 Å². The molecule has 3 aliphatic rings. The van der Waals surface area contributed by atoms with Crippen molar-refractivity contribution in [3.05, 3.63) is 46.0 Å². The van der Waals surface area contributed by atoms with Gasteiger partial charge < -0.3 is 30.5 Å². The lowest BCUT2D eigenvalue weighted by molar-refractivity contribution is -0.123. The average Bonchev–Trinajstić information content (AvgIpc) is 3.30. The molecule has 0 radical (unpaired) electrons. The van der Waals surface area contributed by atoms with Gasteiger partial charge in [-0.15, -0.1) is 0 Å². The van der Waals surface area contributed by atoms with Crippen molar-refractivity contribution in [2.45, 2.75) is 52.1 Å². The number of likely N-dealkylation sites (tertiary alicyclic amines) is 1. The van der Waals surface area contributed by atoms with Crippen LogP contribution in [0.25, 0.3) is 11.6 Å². The number of anilines is 2. The summed E-state index contributed by atoms with van der Waals surface area (Å²) in [4.78, 5) is 45.9. The first-order valence-corrected chi connectivity index (χ1v) is 13.3. The third kappa shape index (κ3) is 5.10. The zero-order valence-corrected chi connectivity index (χ0v) is 21.8. The van der Waals surface area contributed by atoms with Crippen molar-refractivity contribution in [3.63, 3.8) is 0 Å². The Morgan fingerprint density at radius 3 is 2.66 bits per heavy atom. The van der Waals surface area contributed by atoms with Gasteiger partial charge in [0.2, 0.25) is 0 Å². The van der Waals surface area contributed by atoms with Gasteiger partial charge in [-0.3, -0.25) is 14.4 Å². The maximum atomic E-state index is 14.8. The minimum Gasteiger partial charge on any atom is -0.384 e. The van der Waals surface area contributed by atoms with Gasteiger partial charge in [0.1, 0.15) is 11.9 Å². The standard InChI is InChI=1S/C28H34FN5O4/c1-16-22(14-19-18-13-20(29)24(32-26(36)17(2)35)15-23(18)31-27(19)37)30-21-7-6-10-34(28(38)25(16)21)12-11-33-8-4-3-5-9-33/h13-15,17,30,35H,3-12H2,1-2H3,(H,31,37)(H,32,36)/b19-14-. The SMILES string of the molecule is Cc1c(/C=C2\C(=O)Nc3cc(NC(=O)C(C)O)c(F)cc32)[nH]c2c1C(=O)N(CCN1CCCCC1)CCC2. The maximum Gasteiger partial charge on any atom is 0.256 e. The first-order valence-electron chi connectivity index (χ1n) is 13.3. The van der Waals surface area contributed by atoms with Gasteiger partial charge in [-0.2, -0.15) is 0 Å². The molecule has 0 spiro atoms. The zero-order chi connectivity index (χ0) is 27.0. The van der Waals surface area contributed by atoms with E-state index < -0.39 is 23.7 Å². The van der Waals surface area contributed by atoms with Gasteiger partial charge >= 0.3 is 0 Å². The fourth-order valence-corrected chi connectivity index (χ4v) is 5.50. The van der Waals surface area contributed by atoms with E-state index in [9.17, 15) is 23.9 Å². The number of carbonyl (C=O) groups excluding carboxylic acids is 3. The molecular formula is C28H34FN5O4. The molecule has 10 heteroatoms. The normalized spacial score (nSPS) is 19.7. The van der Waals surface area contributed by atoms with Crippen molar-refractivity contribution in [3.8, 4) is 0 Å². The van der Waals surface area contributed by atoms with E-state index in [2.05, 4.69) is 20.5 Å². The molecule has 5 rings (SSSR count). The Balaban J connectivity index is 1.40. The quantitative estimate of drug-likeness (QED) is 0.434. The van der Waals surface area contributed by atoms with Crippen LogP contribution in [-0.4, -0.2) is 76.4 Å². The molecule has 9 nitrogen and oxygen atoms in total. The lowest BCUT2D eigenvalue weighted by Gasteiger charge is -2.29. The summed E-state index contributed by atoms with van der Waals surface area (Å²) in [7, 11) is 0. The molecule has 1 unspecified atom stereocenters. The number of fused-ring (bicyclic) bond motifs is 2. The molecule has 2 aromatic rings. The summed E-state index contributed by atoms with van der Waals surface area (Å²) in [5, 5.41) is 14.4. The summed E-state index contributed by atoms with van der Waals surface area (Å²) in [5.41, 5.74) is 3.79. The van der Waals surface area contributed by atoms with Crippen molar-refractivity contribution >= 4 is 40.7 Å². The van der Waals surface area contributed by atoms with E-state index in [-0.39, 0.29) is 17.2 Å². The number of aromatic amines is 1. The van der Waals surface area contributed by atoms with Gasteiger partial charge in [-0.1, -0.05) is 6.42 Å². The number of aryl methyl sites for hydroxylation is 1. The molecule has 0 aliphatic carbocycles. The number of hydrogen-bond acceptors (Lipinski definition) is 5. The molecule has 3 aliphatic heterocycles. The number of nitrogens with one attached hydrogen (secondary N) is 3. The number of H-pyrrole nitrogens is 1. The summed E-state index contributed by atoms with van der Waals surface area (Å²) < 4.78 is 14.8. The van der Waals surface area contributed by atoms with E-state index in [0.717, 1.165) is 43.7 Å². The van der Waals surface area contributed by atoms with Gasteiger partial charge in [-0.25, -0.2) is 4.39 Å². The Labute approximate surface area is 221 Å². The fraction of sp³-hybridized carbons (Fsp3) is 0.464. The van der Waals surface area contributed by atoms with Crippen LogP contribution in [0.3, 0.4) is 0 Å². The molecule has 38 heavy (non-hydrogen) atoms. The zero-order valence-electron chi connectivity index (χ0n) is 21.8. The molecule has 4 heterocycles. The summed E-state index contributed by atoms with van der Waals surface area (Å²) in [6.45, 7) is 7.62. The highest BCUT2D eigenvalue weighted by atomic mass is 19.1. The molecule has 0 saturated carbocycles. The molecule has 0 bridgehead atoms. The van der Waals surface area contributed by atoms with Crippen molar-refractivity contribution in [1.82, 2.24) is 14.8 Å². The Morgan fingerprint density at radius 1 is 1.16 bits per heavy atom. The minimum absolute atomic E-state index is 0.00808. The number of rotatable bonds is 6. The number of amides is 3. The van der Waals surface area contributed by atoms with E-state index >= 15 is 0 Å². The van der Waals surface area contributed by atoms with Gasteiger partial charge in [0, 0.05) is 36.6 Å². The minimum atomic E-state index is -1.30. The van der Waals surface area contributed by atoms with E-state index in [1.807, 2.05) is 11.8 Å². The second-order valence-electron chi connectivity index (χ2n) is 10.4. The number of aliphatic hydroxyl groups excluding tert-OH is 1. The van der Waals surface area contributed by atoms with Crippen LogP contribution in [0.2, 0.25) is 0 Å². The van der Waals surface area contributed by atoms with Crippen LogP contribution in [0.4, 0.5) is 15.8 Å². The van der Waals surface area contributed by atoms with Crippen LogP contribution in [0.5, 0.6) is 0 Å². The number of halogens is 1. The number of hydrogen-bond donors (Lipinski definition) is 4. The smallest absolute Gasteiger partial charge is 0.256 e. The Hall–Kier alpha value is -3.50. The summed E-state index contributed by atoms with van der Waals surface area (Å²) in [5.74, 6) is -1.87. The van der Waals surface area contributed by atoms with E-state index in [1.165, 1.54) is 38.3 Å². The maximum absolute atomic E-state index is 14.8. The van der Waals surface area contributed by atoms with Crippen LogP contribution in [0.1, 0.15) is 65.5 Å². The van der Waals surface area contributed by atoms with Crippen molar-refractivity contribution in [1.29, 1.82) is 0 Å². The van der Waals surface area contributed by atoms with Crippen LogP contribution >= 0.6 is 0 Å². The van der Waals surface area contributed by atoms with Crippen molar-refractivity contribution in [2.75, 3.05) is 43.4 Å². The molecule has 1 fully saturated rings. The average molecular weight is 524 g/mol. The van der Waals surface area contributed by atoms with Gasteiger partial charge in [-0.05, 0) is 76.4 Å². The molecule has 1 aromatic heterocycles. The first-order chi connectivity index (χ1) is 18.2. The number of piperidine rings is 1. The highest BCUT2D eigenvalue weighted by Crippen LogP contribution is 2.37. The monoisotopic (exact) mass is 523 g/mol. The molecular weight excluding hydrogens is 489 g/mol. The number of carbonyl (C=O) groups is 3. The van der Waals surface area contributed by atoms with Gasteiger partial charge in [0.15, 0.2) is 0 Å². The Kier molecular flexibility index (Phi) is 7.36. The highest BCUT2D eigenvalue weighted by molar-refractivity contribution is 6.35. The topological polar surface area (TPSA) is 118 Å². The van der Waals surface area contributed by atoms with Gasteiger partial charge in [0.05, 0.1) is 22.5 Å². The number of aliphatic hydroxyl groups is 1. The molecule has 3 amide bonds. The van der Waals surface area contributed by atoms with Crippen LogP contribution in [-0.2, 0) is 16.0 Å². The molecule has 202 valence electrons. The lowest BCUT2D eigenvalue weighted by atomic mass is 10.0. The molecule has 4 N–H and O–H groups in total. The Morgan fingerprint density at radius 2 is 1.92 bits per heavy atom. The van der Waals surface area contributed by atoms with Crippen LogP contribution in [0, 0.1) is 12.7 Å². The summed E-state index contributed by atoms with van der Waals surface area (Å²) >= 11 is 0. The van der Waals surface area contributed by atoms with Gasteiger partial charge in [0.25, 0.3) is 17.7 Å². The largest absolute Gasteiger partial charge is 0.384 e. The van der Waals surface area contributed by atoms with Crippen molar-refractivity contribution < 1.29 is 23.9 Å². The third-order valence-corrected chi connectivity index (χ3v) is 7.67. The third-order valence-electron chi connectivity index (χ3n) is 7.67. The van der Waals surface area contributed by atoms with Crippen molar-refractivity contribution in [2.24, 2.45) is 0 Å². The van der Waals surface area contributed by atoms with Crippen LogP contribution in [0.15, 0.2) is 12.1 Å². The summed E-state index contributed by atoms with van der Waals surface area (Å²) in [6.07, 6.45) is 5.64. The second kappa shape index (κ2) is 10.7. The molecule has 1 atom stereocenters. The lowest BCUT2D eigenvalue weighted by Crippen LogP contribution is -2.40. The Bertz CT molecular complexity index is 1310. The fourth-order valence-electron chi connectivity index (χ4n) is 5.50. The highest BCUT2D eigenvalue weighted by Gasteiger charge is 2.30. The van der Waals surface area contributed by atoms with E-state index in [4.69, 9.17) is 0 Å². The second-order valence-corrected chi connectivity index (χ2v) is 10.4. The summed E-state index contributed by atoms with van der Waals surface area (Å²) in [6, 6.07) is 2.53. The number of aromatic nitrogens is 1. The predicted molar refractivity (Wildman–Crippen MR) is 143 cm³/mol. The number of benzene rings is 1. The predicted octanol–water partition coefficient (Wildman–Crippen LogP) is 3.15.